The summed E-state index contributed by atoms with van der Waals surface area (Å²) in [6, 6.07) is 6.56. The third kappa shape index (κ3) is 3.95. The summed E-state index contributed by atoms with van der Waals surface area (Å²) in [5.74, 6) is -0.0740. The van der Waals surface area contributed by atoms with E-state index in [9.17, 15) is 9.59 Å². The third-order valence-corrected chi connectivity index (χ3v) is 6.01. The predicted molar refractivity (Wildman–Crippen MR) is 113 cm³/mol. The van der Waals surface area contributed by atoms with Crippen molar-refractivity contribution in [1.82, 2.24) is 15.2 Å². The van der Waals surface area contributed by atoms with Crippen LogP contribution in [0.25, 0.3) is 0 Å². The van der Waals surface area contributed by atoms with Crippen LogP contribution in [-0.4, -0.2) is 62.2 Å². The van der Waals surface area contributed by atoms with Gasteiger partial charge in [0.2, 0.25) is 5.91 Å². The summed E-state index contributed by atoms with van der Waals surface area (Å²) in [7, 11) is 4.76. The number of carbonyl (C=O) groups excluding carboxylic acids is 2. The van der Waals surface area contributed by atoms with Gasteiger partial charge in [-0.1, -0.05) is 6.07 Å². The molecule has 1 saturated heterocycles. The Labute approximate surface area is 181 Å². The van der Waals surface area contributed by atoms with Gasteiger partial charge in [0, 0.05) is 38.2 Å². The monoisotopic (exact) mass is 425 g/mol. The Balaban J connectivity index is 1.78. The molecule has 2 amide bonds. The molecule has 1 N–H and O–H groups in total. The van der Waals surface area contributed by atoms with Crippen molar-refractivity contribution in [3.8, 4) is 11.5 Å². The van der Waals surface area contributed by atoms with Crippen LogP contribution >= 0.6 is 0 Å². The normalized spacial score (nSPS) is 22.7. The van der Waals surface area contributed by atoms with Crippen LogP contribution in [0.15, 0.2) is 36.7 Å². The van der Waals surface area contributed by atoms with Crippen molar-refractivity contribution in [2.75, 3.05) is 34.4 Å². The summed E-state index contributed by atoms with van der Waals surface area (Å²) >= 11 is 0. The van der Waals surface area contributed by atoms with Gasteiger partial charge in [-0.3, -0.25) is 14.6 Å². The number of pyridine rings is 1. The lowest BCUT2D eigenvalue weighted by atomic mass is 9.79. The van der Waals surface area contributed by atoms with Gasteiger partial charge in [-0.2, -0.15) is 0 Å². The van der Waals surface area contributed by atoms with Gasteiger partial charge in [0.25, 0.3) is 5.91 Å². The van der Waals surface area contributed by atoms with Crippen LogP contribution in [0.1, 0.15) is 46.3 Å². The zero-order valence-electron chi connectivity index (χ0n) is 18.0. The Bertz CT molecular complexity index is 959. The Morgan fingerprint density at radius 2 is 2.06 bits per heavy atom. The van der Waals surface area contributed by atoms with Crippen LogP contribution in [0.4, 0.5) is 0 Å². The summed E-state index contributed by atoms with van der Waals surface area (Å²) < 4.78 is 16.5. The number of amides is 2. The van der Waals surface area contributed by atoms with Gasteiger partial charge in [0.1, 0.15) is 0 Å². The van der Waals surface area contributed by atoms with Crippen LogP contribution < -0.4 is 14.8 Å². The molecule has 1 aromatic carbocycles. The highest BCUT2D eigenvalue weighted by Crippen LogP contribution is 2.45. The summed E-state index contributed by atoms with van der Waals surface area (Å²) in [6.07, 6.45) is 5.31. The highest BCUT2D eigenvalue weighted by Gasteiger charge is 2.43. The molecule has 0 unspecified atom stereocenters. The van der Waals surface area contributed by atoms with Crippen molar-refractivity contribution in [2.45, 2.75) is 30.9 Å². The van der Waals surface area contributed by atoms with Crippen LogP contribution in [-0.2, 0) is 9.53 Å². The van der Waals surface area contributed by atoms with Crippen molar-refractivity contribution in [3.05, 3.63) is 53.3 Å². The first-order valence-corrected chi connectivity index (χ1v) is 10.4. The van der Waals surface area contributed by atoms with Crippen molar-refractivity contribution < 1.29 is 23.8 Å². The fourth-order valence-electron chi connectivity index (χ4n) is 4.43. The van der Waals surface area contributed by atoms with Crippen molar-refractivity contribution in [1.29, 1.82) is 0 Å². The number of hydrogen-bond acceptors (Lipinski definition) is 6. The van der Waals surface area contributed by atoms with Crippen molar-refractivity contribution >= 4 is 11.8 Å². The molecule has 2 aliphatic heterocycles. The quantitative estimate of drug-likeness (QED) is 0.764. The number of ether oxygens (including phenoxy) is 3. The SMILES string of the molecule is COc1cc2c(cc1OC)[C@@H](C(=O)NC[C@@H]1CCCO1)[C@@H](c1cccnc1)N(C)C2=O. The minimum Gasteiger partial charge on any atom is -0.493 e. The smallest absolute Gasteiger partial charge is 0.254 e. The molecule has 1 aromatic heterocycles. The van der Waals surface area contributed by atoms with E-state index in [4.69, 9.17) is 14.2 Å². The summed E-state index contributed by atoms with van der Waals surface area (Å²) in [4.78, 5) is 32.6. The van der Waals surface area contributed by atoms with E-state index in [1.807, 2.05) is 6.07 Å². The highest BCUT2D eigenvalue weighted by atomic mass is 16.5. The standard InChI is InChI=1S/C23H27N3O5/c1-26-21(14-6-4-8-24-12-14)20(22(27)25-13-15-7-5-9-31-15)16-10-18(29-2)19(30-3)11-17(16)23(26)28/h4,6,8,10-12,15,20-21H,5,7,9,13H2,1-3H3,(H,25,27)/t15-,20+,21+/m0/s1. The number of nitrogens with one attached hydrogen (secondary N) is 1. The minimum absolute atomic E-state index is 0.0219. The molecule has 0 bridgehead atoms. The second-order valence-electron chi connectivity index (χ2n) is 7.80. The summed E-state index contributed by atoms with van der Waals surface area (Å²) in [6.45, 7) is 1.16. The lowest BCUT2D eigenvalue weighted by Crippen LogP contribution is -2.46. The second-order valence-corrected chi connectivity index (χ2v) is 7.80. The van der Waals surface area contributed by atoms with Crippen LogP contribution in [0.5, 0.6) is 11.5 Å². The van der Waals surface area contributed by atoms with E-state index in [0.29, 0.717) is 29.2 Å². The molecule has 2 aliphatic rings. The number of rotatable bonds is 6. The fraction of sp³-hybridized carbons (Fsp3) is 0.435. The number of aromatic nitrogens is 1. The summed E-state index contributed by atoms with van der Waals surface area (Å²) in [5, 5.41) is 3.04. The minimum atomic E-state index is -0.636. The van der Waals surface area contributed by atoms with E-state index < -0.39 is 12.0 Å². The molecule has 0 saturated carbocycles. The van der Waals surface area contributed by atoms with Gasteiger partial charge in [0.15, 0.2) is 11.5 Å². The average molecular weight is 425 g/mol. The van der Waals surface area contributed by atoms with E-state index in [1.54, 1.807) is 42.5 Å². The van der Waals surface area contributed by atoms with Gasteiger partial charge in [-0.15, -0.1) is 0 Å². The molecule has 4 rings (SSSR count). The topological polar surface area (TPSA) is 90.0 Å². The molecule has 3 heterocycles. The molecule has 0 spiro atoms. The van der Waals surface area contributed by atoms with Crippen LogP contribution in [0.3, 0.4) is 0 Å². The zero-order valence-corrected chi connectivity index (χ0v) is 18.0. The van der Waals surface area contributed by atoms with Gasteiger partial charge >= 0.3 is 0 Å². The maximum atomic E-state index is 13.5. The molecular weight excluding hydrogens is 398 g/mol. The molecule has 8 nitrogen and oxygen atoms in total. The first kappa shape index (κ1) is 21.1. The number of benzene rings is 1. The Morgan fingerprint density at radius 3 is 2.71 bits per heavy atom. The molecule has 0 aliphatic carbocycles. The maximum absolute atomic E-state index is 13.5. The third-order valence-electron chi connectivity index (χ3n) is 6.01. The zero-order chi connectivity index (χ0) is 22.0. The number of nitrogens with zero attached hydrogens (tertiary/aromatic N) is 2. The molecule has 31 heavy (non-hydrogen) atoms. The van der Waals surface area contributed by atoms with Crippen molar-refractivity contribution in [3.63, 3.8) is 0 Å². The first-order chi connectivity index (χ1) is 15.0. The average Bonchev–Trinajstić information content (AvgIpc) is 3.33. The van der Waals surface area contributed by atoms with E-state index in [2.05, 4.69) is 10.3 Å². The molecule has 164 valence electrons. The maximum Gasteiger partial charge on any atom is 0.254 e. The Kier molecular flexibility index (Phi) is 6.08. The second kappa shape index (κ2) is 8.93. The molecule has 3 atom stereocenters. The first-order valence-electron chi connectivity index (χ1n) is 10.4. The number of methoxy groups -OCH3 is 2. The lowest BCUT2D eigenvalue weighted by Gasteiger charge is -2.40. The number of hydrogen-bond donors (Lipinski definition) is 1. The molecule has 1 fully saturated rings. The van der Waals surface area contributed by atoms with E-state index in [1.165, 1.54) is 14.2 Å². The van der Waals surface area contributed by atoms with E-state index in [0.717, 1.165) is 25.0 Å². The fourth-order valence-corrected chi connectivity index (χ4v) is 4.43. The number of fused-ring (bicyclic) bond motifs is 1. The van der Waals surface area contributed by atoms with Gasteiger partial charge in [0.05, 0.1) is 32.3 Å². The van der Waals surface area contributed by atoms with E-state index in [-0.39, 0.29) is 17.9 Å². The van der Waals surface area contributed by atoms with Crippen LogP contribution in [0.2, 0.25) is 0 Å². The largest absolute Gasteiger partial charge is 0.493 e. The Morgan fingerprint density at radius 1 is 1.29 bits per heavy atom. The van der Waals surface area contributed by atoms with Gasteiger partial charge in [-0.25, -0.2) is 0 Å². The summed E-state index contributed by atoms with van der Waals surface area (Å²) in [5.41, 5.74) is 1.83. The molecular formula is C23H27N3O5. The van der Waals surface area contributed by atoms with Crippen molar-refractivity contribution in [2.24, 2.45) is 0 Å². The van der Waals surface area contributed by atoms with Gasteiger partial charge in [-0.05, 0) is 42.2 Å². The highest BCUT2D eigenvalue weighted by molar-refractivity contribution is 6.02. The lowest BCUT2D eigenvalue weighted by molar-refractivity contribution is -0.124. The number of likely N-dealkylation sites (N-methyl/N-ethyl adjacent to an activating group) is 1. The Hall–Kier alpha value is -3.13. The number of carbonyl (C=O) groups is 2. The van der Waals surface area contributed by atoms with E-state index >= 15 is 0 Å². The molecule has 2 aromatic rings. The molecule has 0 radical (unpaired) electrons. The van der Waals surface area contributed by atoms with Crippen LogP contribution in [0, 0.1) is 0 Å². The predicted octanol–water partition coefficient (Wildman–Crippen LogP) is 2.30. The van der Waals surface area contributed by atoms with Gasteiger partial charge < -0.3 is 24.4 Å². The molecule has 8 heteroatoms.